The van der Waals surface area contributed by atoms with Crippen LogP contribution in [0.25, 0.3) is 10.8 Å². The molecular weight excluding hydrogens is 200 g/mol. The standard InChI is InChI=1S/C14H14O2/c1-15-13-7-11-6-9-3-4-10(5-9)12(11)8-14(13)16-2/h5-8H,3-4H2,1-2H3. The summed E-state index contributed by atoms with van der Waals surface area (Å²) in [7, 11) is 3.35. The van der Waals surface area contributed by atoms with Crippen molar-refractivity contribution in [1.29, 1.82) is 0 Å². The fourth-order valence-electron chi connectivity index (χ4n) is 2.47. The molecule has 1 aliphatic carbocycles. The monoisotopic (exact) mass is 214 g/mol. The van der Waals surface area contributed by atoms with Crippen molar-refractivity contribution in [3.63, 3.8) is 0 Å². The summed E-state index contributed by atoms with van der Waals surface area (Å²) in [4.78, 5) is 0. The number of methoxy groups -OCH3 is 2. The molecule has 82 valence electrons. The Hall–Kier alpha value is -1.70. The summed E-state index contributed by atoms with van der Waals surface area (Å²) in [5, 5.41) is 2.54. The highest BCUT2D eigenvalue weighted by Crippen LogP contribution is 2.36. The first-order valence-corrected chi connectivity index (χ1v) is 5.49. The Balaban J connectivity index is 2.32. The average molecular weight is 214 g/mol. The fourth-order valence-corrected chi connectivity index (χ4v) is 2.47. The molecule has 0 N–H and O–H groups in total. The van der Waals surface area contributed by atoms with Crippen LogP contribution in [0.2, 0.25) is 0 Å². The molecule has 0 amide bonds. The Morgan fingerprint density at radius 1 is 0.875 bits per heavy atom. The molecule has 3 rings (SSSR count). The van der Waals surface area contributed by atoms with Gasteiger partial charge in [0.1, 0.15) is 0 Å². The maximum absolute atomic E-state index is 5.34. The van der Waals surface area contributed by atoms with Crippen LogP contribution in [0.5, 0.6) is 11.5 Å². The molecule has 0 aliphatic heterocycles. The number of aryl methyl sites for hydroxylation is 2. The van der Waals surface area contributed by atoms with Gasteiger partial charge in [0.2, 0.25) is 0 Å². The van der Waals surface area contributed by atoms with Crippen molar-refractivity contribution in [2.75, 3.05) is 14.2 Å². The predicted octanol–water partition coefficient (Wildman–Crippen LogP) is 2.96. The summed E-state index contributed by atoms with van der Waals surface area (Å²) in [5.41, 5.74) is 2.85. The molecule has 1 aliphatic rings. The number of hydrogen-bond donors (Lipinski definition) is 0. The van der Waals surface area contributed by atoms with Gasteiger partial charge in [-0.2, -0.15) is 0 Å². The zero-order valence-corrected chi connectivity index (χ0v) is 9.54. The van der Waals surface area contributed by atoms with Crippen molar-refractivity contribution in [3.05, 3.63) is 35.4 Å². The molecule has 0 radical (unpaired) electrons. The second-order valence-corrected chi connectivity index (χ2v) is 4.18. The van der Waals surface area contributed by atoms with E-state index in [9.17, 15) is 0 Å². The lowest BCUT2D eigenvalue weighted by atomic mass is 10.0. The minimum Gasteiger partial charge on any atom is -0.493 e. The molecule has 0 saturated carbocycles. The first-order chi connectivity index (χ1) is 7.81. The summed E-state index contributed by atoms with van der Waals surface area (Å²) in [5.74, 6) is 1.62. The van der Waals surface area contributed by atoms with Crippen molar-refractivity contribution in [3.8, 4) is 11.5 Å². The van der Waals surface area contributed by atoms with E-state index in [1.807, 2.05) is 0 Å². The lowest BCUT2D eigenvalue weighted by molar-refractivity contribution is 0.356. The Kier molecular flexibility index (Phi) is 2.03. The normalized spacial score (nSPS) is 13.1. The Morgan fingerprint density at radius 3 is 2.38 bits per heavy atom. The van der Waals surface area contributed by atoms with Crippen LogP contribution < -0.4 is 9.47 Å². The highest BCUT2D eigenvalue weighted by molar-refractivity contribution is 5.90. The minimum atomic E-state index is 0.806. The van der Waals surface area contributed by atoms with Crippen LogP contribution in [0.15, 0.2) is 24.3 Å². The minimum absolute atomic E-state index is 0.806. The second kappa shape index (κ2) is 3.41. The van der Waals surface area contributed by atoms with E-state index in [2.05, 4.69) is 24.3 Å². The summed E-state index contributed by atoms with van der Waals surface area (Å²) in [6, 6.07) is 8.67. The second-order valence-electron chi connectivity index (χ2n) is 4.18. The third-order valence-electron chi connectivity index (χ3n) is 3.29. The molecule has 0 heterocycles. The van der Waals surface area contributed by atoms with Gasteiger partial charge in [0.15, 0.2) is 11.5 Å². The van der Waals surface area contributed by atoms with E-state index in [4.69, 9.17) is 9.47 Å². The topological polar surface area (TPSA) is 18.5 Å². The molecule has 2 aromatic rings. The molecule has 0 spiro atoms. The molecule has 0 aromatic heterocycles. The van der Waals surface area contributed by atoms with Crippen LogP contribution in [-0.2, 0) is 12.8 Å². The van der Waals surface area contributed by atoms with E-state index in [1.54, 1.807) is 14.2 Å². The molecule has 2 bridgehead atoms. The van der Waals surface area contributed by atoms with Crippen LogP contribution in [0.1, 0.15) is 11.1 Å². The largest absolute Gasteiger partial charge is 0.493 e. The van der Waals surface area contributed by atoms with E-state index in [-0.39, 0.29) is 0 Å². The zero-order chi connectivity index (χ0) is 11.1. The fraction of sp³-hybridized carbons (Fsp3) is 0.286. The Morgan fingerprint density at radius 2 is 1.62 bits per heavy atom. The van der Waals surface area contributed by atoms with Crippen molar-refractivity contribution in [2.45, 2.75) is 12.8 Å². The molecule has 16 heavy (non-hydrogen) atoms. The molecule has 2 nitrogen and oxygen atoms in total. The molecule has 2 heteroatoms. The van der Waals surface area contributed by atoms with Gasteiger partial charge in [-0.1, -0.05) is 12.1 Å². The van der Waals surface area contributed by atoms with Gasteiger partial charge in [0.25, 0.3) is 0 Å². The summed E-state index contributed by atoms with van der Waals surface area (Å²) < 4.78 is 10.7. The van der Waals surface area contributed by atoms with Gasteiger partial charge in [-0.15, -0.1) is 0 Å². The van der Waals surface area contributed by atoms with Gasteiger partial charge >= 0.3 is 0 Å². The number of rotatable bonds is 2. The summed E-state index contributed by atoms with van der Waals surface area (Å²) in [6.07, 6.45) is 2.31. The Labute approximate surface area is 94.8 Å². The van der Waals surface area contributed by atoms with Crippen molar-refractivity contribution < 1.29 is 9.47 Å². The average Bonchev–Trinajstić information content (AvgIpc) is 2.71. The van der Waals surface area contributed by atoms with Gasteiger partial charge in [0, 0.05) is 0 Å². The van der Waals surface area contributed by atoms with Gasteiger partial charge in [-0.05, 0) is 46.9 Å². The smallest absolute Gasteiger partial charge is 0.161 e. The van der Waals surface area contributed by atoms with Gasteiger partial charge in [-0.3, -0.25) is 0 Å². The third kappa shape index (κ3) is 1.26. The quantitative estimate of drug-likeness (QED) is 0.765. The first-order valence-electron chi connectivity index (χ1n) is 5.49. The summed E-state index contributed by atoms with van der Waals surface area (Å²) >= 11 is 0. The van der Waals surface area contributed by atoms with Crippen molar-refractivity contribution in [1.82, 2.24) is 0 Å². The zero-order valence-electron chi connectivity index (χ0n) is 9.54. The van der Waals surface area contributed by atoms with E-state index < -0.39 is 0 Å². The van der Waals surface area contributed by atoms with Crippen LogP contribution in [0.4, 0.5) is 0 Å². The number of ether oxygens (including phenoxy) is 2. The number of fused-ring (bicyclic) bond motifs is 4. The van der Waals surface area contributed by atoms with Crippen molar-refractivity contribution >= 4 is 10.8 Å². The molecule has 0 unspecified atom stereocenters. The van der Waals surface area contributed by atoms with Crippen LogP contribution in [-0.4, -0.2) is 14.2 Å². The lowest BCUT2D eigenvalue weighted by Crippen LogP contribution is -1.91. The van der Waals surface area contributed by atoms with Gasteiger partial charge < -0.3 is 9.47 Å². The van der Waals surface area contributed by atoms with E-state index in [0.717, 1.165) is 24.3 Å². The molecule has 0 saturated heterocycles. The van der Waals surface area contributed by atoms with Crippen LogP contribution >= 0.6 is 0 Å². The molecule has 0 fully saturated rings. The van der Waals surface area contributed by atoms with Gasteiger partial charge in [0.05, 0.1) is 14.2 Å². The Bertz CT molecular complexity index is 558. The SMILES string of the molecule is COc1cc2cc3cc(c2cc1OC)CC3. The number of benzene rings is 2. The van der Waals surface area contributed by atoms with Crippen LogP contribution in [0, 0.1) is 0 Å². The maximum atomic E-state index is 5.34. The van der Waals surface area contributed by atoms with Crippen LogP contribution in [0.3, 0.4) is 0 Å². The lowest BCUT2D eigenvalue weighted by Gasteiger charge is -2.10. The highest BCUT2D eigenvalue weighted by Gasteiger charge is 2.14. The van der Waals surface area contributed by atoms with E-state index >= 15 is 0 Å². The summed E-state index contributed by atoms with van der Waals surface area (Å²) in [6.45, 7) is 0. The van der Waals surface area contributed by atoms with E-state index in [0.29, 0.717) is 0 Å². The molecule has 0 atom stereocenters. The molecular formula is C14H14O2. The highest BCUT2D eigenvalue weighted by atomic mass is 16.5. The molecule has 2 aromatic carbocycles. The number of hydrogen-bond acceptors (Lipinski definition) is 2. The van der Waals surface area contributed by atoms with E-state index in [1.165, 1.54) is 21.9 Å². The first kappa shape index (κ1) is 9.52. The predicted molar refractivity (Wildman–Crippen MR) is 64.5 cm³/mol. The third-order valence-corrected chi connectivity index (χ3v) is 3.29. The maximum Gasteiger partial charge on any atom is 0.161 e. The van der Waals surface area contributed by atoms with Gasteiger partial charge in [-0.25, -0.2) is 0 Å². The van der Waals surface area contributed by atoms with Crippen molar-refractivity contribution in [2.24, 2.45) is 0 Å².